The molecule has 0 amide bonds. The maximum atomic E-state index is 4.10. The van der Waals surface area contributed by atoms with Crippen LogP contribution in [0.1, 0.15) is 46.0 Å². The highest BCUT2D eigenvalue weighted by Crippen LogP contribution is 2.40. The van der Waals surface area contributed by atoms with E-state index in [1.165, 1.54) is 32.1 Å². The van der Waals surface area contributed by atoms with Crippen molar-refractivity contribution in [3.63, 3.8) is 0 Å². The highest BCUT2D eigenvalue weighted by Gasteiger charge is 2.27. The van der Waals surface area contributed by atoms with Crippen molar-refractivity contribution in [1.29, 1.82) is 0 Å². The molecule has 0 heterocycles. The summed E-state index contributed by atoms with van der Waals surface area (Å²) in [5, 5.41) is 0. The molecular weight excluding hydrogens is 120 g/mol. The Hall–Kier alpha value is 0. The molecule has 0 aliphatic heterocycles. The molecule has 10 heavy (non-hydrogen) atoms. The molecule has 1 aliphatic carbocycles. The second-order valence-corrected chi connectivity index (χ2v) is 4.11. The molecule has 0 atom stereocenters. The number of hydrogen-bond acceptors (Lipinski definition) is 0. The zero-order valence-corrected chi connectivity index (χ0v) is 7.32. The zero-order valence-electron chi connectivity index (χ0n) is 7.32. The third-order valence-electron chi connectivity index (χ3n) is 3.17. The van der Waals surface area contributed by atoms with Gasteiger partial charge in [-0.2, -0.15) is 0 Å². The highest BCUT2D eigenvalue weighted by molar-refractivity contribution is 4.81. The lowest BCUT2D eigenvalue weighted by atomic mass is 9.71. The molecule has 0 aromatic heterocycles. The second kappa shape index (κ2) is 2.94. The Bertz CT molecular complexity index is 96.6. The van der Waals surface area contributed by atoms with Gasteiger partial charge in [-0.25, -0.2) is 0 Å². The SMILES string of the molecule is [CH2]C1CCC(C)(CC)CC1. The van der Waals surface area contributed by atoms with Gasteiger partial charge >= 0.3 is 0 Å². The van der Waals surface area contributed by atoms with E-state index in [4.69, 9.17) is 0 Å². The molecule has 0 nitrogen and oxygen atoms in total. The van der Waals surface area contributed by atoms with Gasteiger partial charge in [-0.1, -0.05) is 27.2 Å². The molecule has 1 aliphatic rings. The third-order valence-corrected chi connectivity index (χ3v) is 3.17. The fourth-order valence-electron chi connectivity index (χ4n) is 1.73. The van der Waals surface area contributed by atoms with E-state index in [0.29, 0.717) is 5.41 Å². The van der Waals surface area contributed by atoms with Crippen LogP contribution >= 0.6 is 0 Å². The van der Waals surface area contributed by atoms with Gasteiger partial charge in [0.15, 0.2) is 0 Å². The summed E-state index contributed by atoms with van der Waals surface area (Å²) in [6.45, 7) is 8.82. The highest BCUT2D eigenvalue weighted by atomic mass is 14.3. The molecule has 59 valence electrons. The van der Waals surface area contributed by atoms with Gasteiger partial charge in [-0.3, -0.25) is 0 Å². The lowest BCUT2D eigenvalue weighted by molar-refractivity contribution is 0.181. The van der Waals surface area contributed by atoms with E-state index in [1.807, 2.05) is 0 Å². The number of hydrogen-bond donors (Lipinski definition) is 0. The van der Waals surface area contributed by atoms with E-state index in [2.05, 4.69) is 20.8 Å². The van der Waals surface area contributed by atoms with Crippen LogP contribution in [0.3, 0.4) is 0 Å². The normalized spacial score (nSPS) is 41.7. The first kappa shape index (κ1) is 8.10. The fraction of sp³-hybridized carbons (Fsp3) is 0.900. The molecule has 0 aromatic carbocycles. The summed E-state index contributed by atoms with van der Waals surface area (Å²) in [7, 11) is 0. The molecule has 0 saturated heterocycles. The minimum atomic E-state index is 0.661. The summed E-state index contributed by atoms with van der Waals surface area (Å²) in [6.07, 6.45) is 6.85. The van der Waals surface area contributed by atoms with Crippen molar-refractivity contribution in [2.24, 2.45) is 11.3 Å². The van der Waals surface area contributed by atoms with Crippen molar-refractivity contribution in [3.05, 3.63) is 6.92 Å². The summed E-state index contributed by atoms with van der Waals surface area (Å²) in [6, 6.07) is 0. The maximum Gasteiger partial charge on any atom is -0.0328 e. The van der Waals surface area contributed by atoms with Crippen LogP contribution in [-0.4, -0.2) is 0 Å². The van der Waals surface area contributed by atoms with E-state index in [9.17, 15) is 0 Å². The van der Waals surface area contributed by atoms with Gasteiger partial charge in [0.1, 0.15) is 0 Å². The molecule has 0 spiro atoms. The summed E-state index contributed by atoms with van der Waals surface area (Å²) in [5.74, 6) is 0.750. The summed E-state index contributed by atoms with van der Waals surface area (Å²) >= 11 is 0. The van der Waals surface area contributed by atoms with Crippen LogP contribution in [0.2, 0.25) is 0 Å². The van der Waals surface area contributed by atoms with Gasteiger partial charge in [0, 0.05) is 0 Å². The summed E-state index contributed by atoms with van der Waals surface area (Å²) < 4.78 is 0. The Balaban J connectivity index is 2.38. The van der Waals surface area contributed by atoms with Crippen LogP contribution in [0.15, 0.2) is 0 Å². The predicted molar refractivity (Wildman–Crippen MR) is 45.7 cm³/mol. The van der Waals surface area contributed by atoms with Crippen molar-refractivity contribution < 1.29 is 0 Å². The first-order valence-electron chi connectivity index (χ1n) is 4.49. The van der Waals surface area contributed by atoms with Crippen molar-refractivity contribution in [2.75, 3.05) is 0 Å². The Labute approximate surface area is 65.0 Å². The number of rotatable bonds is 1. The van der Waals surface area contributed by atoms with E-state index in [1.54, 1.807) is 0 Å². The molecule has 0 bridgehead atoms. The summed E-state index contributed by atoms with van der Waals surface area (Å²) in [4.78, 5) is 0. The lowest BCUT2D eigenvalue weighted by Gasteiger charge is -2.35. The lowest BCUT2D eigenvalue weighted by Crippen LogP contribution is -2.22. The van der Waals surface area contributed by atoms with Gasteiger partial charge in [0.05, 0.1) is 0 Å². The monoisotopic (exact) mass is 139 g/mol. The molecule has 0 N–H and O–H groups in total. The third kappa shape index (κ3) is 1.74. The molecule has 1 rings (SSSR count). The topological polar surface area (TPSA) is 0 Å². The fourth-order valence-corrected chi connectivity index (χ4v) is 1.73. The molecule has 1 saturated carbocycles. The Morgan fingerprint density at radius 1 is 1.40 bits per heavy atom. The van der Waals surface area contributed by atoms with Crippen LogP contribution in [0, 0.1) is 18.3 Å². The van der Waals surface area contributed by atoms with Crippen LogP contribution in [-0.2, 0) is 0 Å². The molecule has 0 unspecified atom stereocenters. The van der Waals surface area contributed by atoms with Crippen LogP contribution < -0.4 is 0 Å². The van der Waals surface area contributed by atoms with Crippen molar-refractivity contribution in [3.8, 4) is 0 Å². The van der Waals surface area contributed by atoms with Crippen LogP contribution in [0.25, 0.3) is 0 Å². The van der Waals surface area contributed by atoms with Crippen molar-refractivity contribution >= 4 is 0 Å². The first-order chi connectivity index (χ1) is 4.66. The Kier molecular flexibility index (Phi) is 2.38. The van der Waals surface area contributed by atoms with Gasteiger partial charge in [-0.15, -0.1) is 0 Å². The summed E-state index contributed by atoms with van der Waals surface area (Å²) in [5.41, 5.74) is 0.661. The predicted octanol–water partition coefficient (Wildman–Crippen LogP) is 3.43. The van der Waals surface area contributed by atoms with E-state index in [0.717, 1.165) is 5.92 Å². The quantitative estimate of drug-likeness (QED) is 0.522. The average Bonchev–Trinajstić information content (AvgIpc) is 1.96. The molecule has 1 radical (unpaired) electrons. The van der Waals surface area contributed by atoms with Gasteiger partial charge in [0.2, 0.25) is 0 Å². The zero-order chi connectivity index (χ0) is 7.61. The minimum Gasteiger partial charge on any atom is -0.0649 e. The minimum absolute atomic E-state index is 0.661. The first-order valence-corrected chi connectivity index (χ1v) is 4.49. The van der Waals surface area contributed by atoms with Crippen LogP contribution in [0.5, 0.6) is 0 Å². The van der Waals surface area contributed by atoms with Crippen LogP contribution in [0.4, 0.5) is 0 Å². The molecule has 1 fully saturated rings. The van der Waals surface area contributed by atoms with Gasteiger partial charge in [0.25, 0.3) is 0 Å². The van der Waals surface area contributed by atoms with E-state index >= 15 is 0 Å². The van der Waals surface area contributed by atoms with Gasteiger partial charge in [-0.05, 0) is 37.0 Å². The largest absolute Gasteiger partial charge is 0.0649 e. The average molecular weight is 139 g/mol. The molecule has 0 aromatic rings. The van der Waals surface area contributed by atoms with E-state index in [-0.39, 0.29) is 0 Å². The molecular formula is C10H19. The standard InChI is InChI=1S/C10H19/c1-4-10(3)7-5-9(2)6-8-10/h9H,2,4-8H2,1,3H3. The molecule has 0 heteroatoms. The maximum absolute atomic E-state index is 4.10. The van der Waals surface area contributed by atoms with Crippen molar-refractivity contribution in [1.82, 2.24) is 0 Å². The Morgan fingerprint density at radius 2 is 1.90 bits per heavy atom. The van der Waals surface area contributed by atoms with Gasteiger partial charge < -0.3 is 0 Å². The van der Waals surface area contributed by atoms with Crippen molar-refractivity contribution in [2.45, 2.75) is 46.0 Å². The second-order valence-electron chi connectivity index (χ2n) is 4.11. The van der Waals surface area contributed by atoms with E-state index < -0.39 is 0 Å². The smallest absolute Gasteiger partial charge is 0.0328 e. The Morgan fingerprint density at radius 3 is 2.30 bits per heavy atom.